The van der Waals surface area contributed by atoms with Gasteiger partial charge in [0.15, 0.2) is 0 Å². The minimum Gasteiger partial charge on any atom is -0.497 e. The minimum absolute atomic E-state index is 0.357. The van der Waals surface area contributed by atoms with Crippen molar-refractivity contribution in [3.63, 3.8) is 0 Å². The summed E-state index contributed by atoms with van der Waals surface area (Å²) in [5.41, 5.74) is 8.04. The summed E-state index contributed by atoms with van der Waals surface area (Å²) in [5.74, 6) is 1.39. The Morgan fingerprint density at radius 3 is 2.20 bits per heavy atom. The highest BCUT2D eigenvalue weighted by molar-refractivity contribution is 9.10. The van der Waals surface area contributed by atoms with Gasteiger partial charge in [-0.15, -0.1) is 0 Å². The molecule has 3 nitrogen and oxygen atoms in total. The zero-order chi connectivity index (χ0) is 14.7. The average molecular weight is 357 g/mol. The van der Waals surface area contributed by atoms with E-state index < -0.39 is 0 Å². The smallest absolute Gasteiger partial charge is 0.122 e. The van der Waals surface area contributed by atoms with Crippen LogP contribution in [-0.4, -0.2) is 14.2 Å². The monoisotopic (exact) mass is 355 g/mol. The Bertz CT molecular complexity index is 597. The fourth-order valence-electron chi connectivity index (χ4n) is 1.94. The molecule has 1 atom stereocenters. The van der Waals surface area contributed by atoms with Crippen LogP contribution in [-0.2, 0) is 0 Å². The molecule has 0 spiro atoms. The molecule has 2 rings (SSSR count). The number of rotatable bonds is 4. The molecular formula is C15H15BrClNO2. The van der Waals surface area contributed by atoms with Crippen LogP contribution in [0.1, 0.15) is 17.2 Å². The Morgan fingerprint density at radius 1 is 1.05 bits per heavy atom. The Hall–Kier alpha value is -1.23. The van der Waals surface area contributed by atoms with Crippen LogP contribution >= 0.6 is 27.5 Å². The van der Waals surface area contributed by atoms with E-state index in [4.69, 9.17) is 26.8 Å². The Labute approximate surface area is 131 Å². The number of nitrogens with two attached hydrogens (primary N) is 1. The van der Waals surface area contributed by atoms with Gasteiger partial charge >= 0.3 is 0 Å². The molecule has 0 aliphatic heterocycles. The summed E-state index contributed by atoms with van der Waals surface area (Å²) in [5, 5.41) is 0.627. The van der Waals surface area contributed by atoms with Crippen LogP contribution in [0.25, 0.3) is 0 Å². The second-order valence-electron chi connectivity index (χ2n) is 4.29. The molecule has 0 fully saturated rings. The van der Waals surface area contributed by atoms with Gasteiger partial charge in [-0.3, -0.25) is 0 Å². The van der Waals surface area contributed by atoms with Crippen molar-refractivity contribution in [1.82, 2.24) is 0 Å². The van der Waals surface area contributed by atoms with Crippen molar-refractivity contribution in [3.05, 3.63) is 57.0 Å². The number of ether oxygens (including phenoxy) is 2. The first kappa shape index (κ1) is 15.2. The third kappa shape index (κ3) is 3.26. The first-order valence-corrected chi connectivity index (χ1v) is 7.15. The van der Waals surface area contributed by atoms with Gasteiger partial charge in [0, 0.05) is 15.6 Å². The van der Waals surface area contributed by atoms with Gasteiger partial charge in [0.05, 0.1) is 20.3 Å². The van der Waals surface area contributed by atoms with Gasteiger partial charge in [0.1, 0.15) is 11.5 Å². The van der Waals surface area contributed by atoms with E-state index in [1.54, 1.807) is 20.3 Å². The first-order valence-electron chi connectivity index (χ1n) is 5.98. The molecule has 0 amide bonds. The van der Waals surface area contributed by atoms with Gasteiger partial charge in [-0.1, -0.05) is 27.5 Å². The standard InChI is InChI=1S/C15H15BrClNO2/c1-19-11-5-9(6-12(8-11)20-2)15(18)13-7-10(16)3-4-14(13)17/h3-8,15H,18H2,1-2H3. The molecule has 0 heterocycles. The fourth-order valence-corrected chi connectivity index (χ4v) is 2.56. The van der Waals surface area contributed by atoms with E-state index in [2.05, 4.69) is 15.9 Å². The summed E-state index contributed by atoms with van der Waals surface area (Å²) in [6.45, 7) is 0. The van der Waals surface area contributed by atoms with Crippen LogP contribution in [0.5, 0.6) is 11.5 Å². The van der Waals surface area contributed by atoms with Crippen molar-refractivity contribution in [2.45, 2.75) is 6.04 Å². The molecule has 0 saturated heterocycles. The third-order valence-corrected chi connectivity index (χ3v) is 3.86. The molecule has 0 aliphatic carbocycles. The topological polar surface area (TPSA) is 44.5 Å². The molecule has 0 radical (unpaired) electrons. The van der Waals surface area contributed by atoms with Crippen LogP contribution in [0.3, 0.4) is 0 Å². The van der Waals surface area contributed by atoms with Crippen molar-refractivity contribution < 1.29 is 9.47 Å². The molecule has 20 heavy (non-hydrogen) atoms. The summed E-state index contributed by atoms with van der Waals surface area (Å²) >= 11 is 9.65. The van der Waals surface area contributed by atoms with Gasteiger partial charge in [0.25, 0.3) is 0 Å². The molecule has 5 heteroatoms. The highest BCUT2D eigenvalue weighted by atomic mass is 79.9. The minimum atomic E-state index is -0.357. The van der Waals surface area contributed by atoms with Crippen molar-refractivity contribution in [1.29, 1.82) is 0 Å². The molecule has 106 valence electrons. The summed E-state index contributed by atoms with van der Waals surface area (Å²) in [7, 11) is 3.21. The molecule has 0 aliphatic rings. The largest absolute Gasteiger partial charge is 0.497 e. The van der Waals surface area contributed by atoms with E-state index in [0.29, 0.717) is 16.5 Å². The van der Waals surface area contributed by atoms with Crippen LogP contribution < -0.4 is 15.2 Å². The van der Waals surface area contributed by atoms with Crippen molar-refractivity contribution in [2.75, 3.05) is 14.2 Å². The summed E-state index contributed by atoms with van der Waals surface area (Å²) in [6, 6.07) is 10.8. The Morgan fingerprint density at radius 2 is 1.65 bits per heavy atom. The molecule has 0 bridgehead atoms. The van der Waals surface area contributed by atoms with Gasteiger partial charge < -0.3 is 15.2 Å². The predicted molar refractivity (Wildman–Crippen MR) is 84.7 cm³/mol. The van der Waals surface area contributed by atoms with Gasteiger partial charge in [-0.05, 0) is 41.5 Å². The molecule has 2 aromatic rings. The second-order valence-corrected chi connectivity index (χ2v) is 5.61. The van der Waals surface area contributed by atoms with E-state index in [1.165, 1.54) is 0 Å². The lowest BCUT2D eigenvalue weighted by atomic mass is 9.99. The zero-order valence-electron chi connectivity index (χ0n) is 11.2. The summed E-state index contributed by atoms with van der Waals surface area (Å²) < 4.78 is 11.5. The van der Waals surface area contributed by atoms with E-state index in [-0.39, 0.29) is 6.04 Å². The van der Waals surface area contributed by atoms with Crippen molar-refractivity contribution in [3.8, 4) is 11.5 Å². The molecular weight excluding hydrogens is 342 g/mol. The molecule has 0 aromatic heterocycles. The average Bonchev–Trinajstić information content (AvgIpc) is 2.48. The maximum absolute atomic E-state index is 6.32. The molecule has 1 unspecified atom stereocenters. The fraction of sp³-hybridized carbons (Fsp3) is 0.200. The van der Waals surface area contributed by atoms with Gasteiger partial charge in [-0.25, -0.2) is 0 Å². The second kappa shape index (κ2) is 6.48. The lowest BCUT2D eigenvalue weighted by molar-refractivity contribution is 0.393. The summed E-state index contributed by atoms with van der Waals surface area (Å²) in [4.78, 5) is 0. The summed E-state index contributed by atoms with van der Waals surface area (Å²) in [6.07, 6.45) is 0. The maximum atomic E-state index is 6.32. The number of methoxy groups -OCH3 is 2. The van der Waals surface area contributed by atoms with Crippen molar-refractivity contribution in [2.24, 2.45) is 5.73 Å². The zero-order valence-corrected chi connectivity index (χ0v) is 13.5. The van der Waals surface area contributed by atoms with Crippen LogP contribution in [0, 0.1) is 0 Å². The lowest BCUT2D eigenvalue weighted by Crippen LogP contribution is -2.12. The number of hydrogen-bond donors (Lipinski definition) is 1. The Kier molecular flexibility index (Phi) is 4.91. The SMILES string of the molecule is COc1cc(OC)cc(C(N)c2cc(Br)ccc2Cl)c1. The number of hydrogen-bond acceptors (Lipinski definition) is 3. The van der Waals surface area contributed by atoms with Crippen LogP contribution in [0.2, 0.25) is 5.02 Å². The maximum Gasteiger partial charge on any atom is 0.122 e. The number of benzene rings is 2. The molecule has 0 saturated carbocycles. The van der Waals surface area contributed by atoms with Gasteiger partial charge in [-0.2, -0.15) is 0 Å². The van der Waals surface area contributed by atoms with E-state index in [1.807, 2.05) is 30.3 Å². The van der Waals surface area contributed by atoms with Crippen molar-refractivity contribution >= 4 is 27.5 Å². The molecule has 2 aromatic carbocycles. The van der Waals surface area contributed by atoms with E-state index >= 15 is 0 Å². The number of halogens is 2. The van der Waals surface area contributed by atoms with E-state index in [9.17, 15) is 0 Å². The highest BCUT2D eigenvalue weighted by Gasteiger charge is 2.15. The first-order chi connectivity index (χ1) is 9.55. The normalized spacial score (nSPS) is 12.1. The van der Waals surface area contributed by atoms with Crippen LogP contribution in [0.15, 0.2) is 40.9 Å². The van der Waals surface area contributed by atoms with Gasteiger partial charge in [0.2, 0.25) is 0 Å². The third-order valence-electron chi connectivity index (χ3n) is 3.03. The van der Waals surface area contributed by atoms with E-state index in [0.717, 1.165) is 15.6 Å². The van der Waals surface area contributed by atoms with Crippen LogP contribution in [0.4, 0.5) is 0 Å². The lowest BCUT2D eigenvalue weighted by Gasteiger charge is -2.16. The quantitative estimate of drug-likeness (QED) is 0.894. The predicted octanol–water partition coefficient (Wildman–Crippen LogP) is 4.17. The Balaban J connectivity index is 2.46. The molecule has 2 N–H and O–H groups in total. The highest BCUT2D eigenvalue weighted by Crippen LogP contribution is 2.32.